The predicted octanol–water partition coefficient (Wildman–Crippen LogP) is 2.46. The van der Waals surface area contributed by atoms with Gasteiger partial charge in [-0.2, -0.15) is 5.26 Å². The Morgan fingerprint density at radius 2 is 1.86 bits per heavy atom. The van der Waals surface area contributed by atoms with Crippen molar-refractivity contribution in [2.45, 2.75) is 6.04 Å². The summed E-state index contributed by atoms with van der Waals surface area (Å²) in [6, 6.07) is 12.4. The minimum absolute atomic E-state index is 0.349. The fourth-order valence-corrected chi connectivity index (χ4v) is 3.19. The van der Waals surface area contributed by atoms with Crippen LogP contribution in [0.15, 0.2) is 36.7 Å². The molecule has 6 heteroatoms. The van der Waals surface area contributed by atoms with Gasteiger partial charge in [-0.3, -0.25) is 4.90 Å². The summed E-state index contributed by atoms with van der Waals surface area (Å²) in [6.07, 6.45) is 1.65. The van der Waals surface area contributed by atoms with E-state index in [1.165, 1.54) is 5.69 Å². The van der Waals surface area contributed by atoms with Gasteiger partial charge in [0.1, 0.15) is 6.04 Å². The molecule has 0 bridgehead atoms. The highest BCUT2D eigenvalue weighted by atomic mass is 35.5. The summed E-state index contributed by atoms with van der Waals surface area (Å²) in [7, 11) is 1.87. The molecule has 1 atom stereocenters. The zero-order valence-corrected chi connectivity index (χ0v) is 13.2. The van der Waals surface area contributed by atoms with Crippen LogP contribution in [0.3, 0.4) is 0 Å². The van der Waals surface area contributed by atoms with Gasteiger partial charge in [-0.25, -0.2) is 4.98 Å². The molecule has 0 saturated carbocycles. The first kappa shape index (κ1) is 14.9. The second-order valence-corrected chi connectivity index (χ2v) is 5.78. The largest absolute Gasteiger partial charge is 0.369 e. The monoisotopic (exact) mass is 315 g/mol. The molecule has 1 aromatic heterocycles. The first-order chi connectivity index (χ1) is 10.7. The van der Waals surface area contributed by atoms with Gasteiger partial charge < -0.3 is 9.47 Å². The topological polar surface area (TPSA) is 48.1 Å². The van der Waals surface area contributed by atoms with E-state index >= 15 is 0 Å². The lowest BCUT2D eigenvalue weighted by Crippen LogP contribution is -2.47. The van der Waals surface area contributed by atoms with Crippen molar-refractivity contribution in [3.8, 4) is 6.07 Å². The molecule has 1 aliphatic heterocycles. The number of hydrogen-bond acceptors (Lipinski definition) is 4. The second-order valence-electron chi connectivity index (χ2n) is 5.42. The van der Waals surface area contributed by atoms with Crippen LogP contribution in [0.25, 0.3) is 0 Å². The summed E-state index contributed by atoms with van der Waals surface area (Å²) in [6.45, 7) is 3.46. The van der Waals surface area contributed by atoms with E-state index in [2.05, 4.69) is 45.1 Å². The van der Waals surface area contributed by atoms with Crippen molar-refractivity contribution in [2.75, 3.05) is 31.1 Å². The first-order valence-electron chi connectivity index (χ1n) is 7.31. The highest BCUT2D eigenvalue weighted by Gasteiger charge is 2.28. The number of piperazine rings is 1. The molecule has 3 rings (SSSR count). The van der Waals surface area contributed by atoms with Crippen LogP contribution in [0.1, 0.15) is 11.7 Å². The normalized spacial score (nSPS) is 17.2. The van der Waals surface area contributed by atoms with Crippen molar-refractivity contribution in [3.05, 3.63) is 47.5 Å². The van der Waals surface area contributed by atoms with Crippen LogP contribution in [0, 0.1) is 11.3 Å². The van der Waals surface area contributed by atoms with Crippen LogP contribution in [0.2, 0.25) is 5.15 Å². The zero-order valence-electron chi connectivity index (χ0n) is 12.5. The quantitative estimate of drug-likeness (QED) is 0.873. The molecule has 22 heavy (non-hydrogen) atoms. The third-order valence-corrected chi connectivity index (χ3v) is 4.41. The fourth-order valence-electron chi connectivity index (χ4n) is 2.91. The lowest BCUT2D eigenvalue weighted by atomic mass is 10.1. The van der Waals surface area contributed by atoms with E-state index in [0.717, 1.165) is 31.9 Å². The van der Waals surface area contributed by atoms with Gasteiger partial charge in [0.15, 0.2) is 5.15 Å². The lowest BCUT2D eigenvalue weighted by Gasteiger charge is -2.38. The molecule has 1 aromatic carbocycles. The Hall–Kier alpha value is -2.03. The van der Waals surface area contributed by atoms with Gasteiger partial charge in [-0.05, 0) is 12.1 Å². The first-order valence-corrected chi connectivity index (χ1v) is 7.69. The molecule has 5 nitrogen and oxygen atoms in total. The van der Waals surface area contributed by atoms with E-state index in [0.29, 0.717) is 5.15 Å². The van der Waals surface area contributed by atoms with Crippen molar-refractivity contribution in [3.63, 3.8) is 0 Å². The van der Waals surface area contributed by atoms with Crippen LogP contribution in [0.4, 0.5) is 5.69 Å². The van der Waals surface area contributed by atoms with Crippen LogP contribution in [-0.4, -0.2) is 40.6 Å². The van der Waals surface area contributed by atoms with Gasteiger partial charge >= 0.3 is 0 Å². The number of nitriles is 1. The highest BCUT2D eigenvalue weighted by Crippen LogP contribution is 2.27. The van der Waals surface area contributed by atoms with E-state index < -0.39 is 0 Å². The molecule has 1 saturated heterocycles. The number of nitrogens with zero attached hydrogens (tertiary/aromatic N) is 5. The van der Waals surface area contributed by atoms with Gasteiger partial charge in [-0.15, -0.1) is 0 Å². The Morgan fingerprint density at radius 3 is 2.41 bits per heavy atom. The second kappa shape index (κ2) is 6.39. The van der Waals surface area contributed by atoms with E-state index in [4.69, 9.17) is 11.6 Å². The highest BCUT2D eigenvalue weighted by molar-refractivity contribution is 6.30. The number of hydrogen-bond donors (Lipinski definition) is 0. The summed E-state index contributed by atoms with van der Waals surface area (Å²) >= 11 is 6.14. The van der Waals surface area contributed by atoms with Crippen LogP contribution < -0.4 is 4.90 Å². The maximum absolute atomic E-state index is 9.58. The van der Waals surface area contributed by atoms with E-state index in [1.807, 2.05) is 17.7 Å². The standard InChI is InChI=1S/C16H18ClN5/c1-20-12-19-16(17)15(20)14(11-18)22-9-7-21(8-10-22)13-5-3-2-4-6-13/h2-6,12,14H,7-10H2,1H3. The molecule has 2 aromatic rings. The molecular weight excluding hydrogens is 298 g/mol. The minimum Gasteiger partial charge on any atom is -0.369 e. The number of halogens is 1. The summed E-state index contributed by atoms with van der Waals surface area (Å²) < 4.78 is 1.83. The van der Waals surface area contributed by atoms with E-state index in [1.54, 1.807) is 6.33 Å². The molecule has 0 spiro atoms. The molecule has 0 aliphatic carbocycles. The molecule has 1 fully saturated rings. The van der Waals surface area contributed by atoms with E-state index in [9.17, 15) is 5.26 Å². The van der Waals surface area contributed by atoms with Crippen molar-refractivity contribution >= 4 is 17.3 Å². The number of imidazole rings is 1. The average Bonchev–Trinajstić information content (AvgIpc) is 2.90. The SMILES string of the molecule is Cn1cnc(Cl)c1C(C#N)N1CCN(c2ccccc2)CC1. The zero-order chi connectivity index (χ0) is 15.5. The number of para-hydroxylation sites is 1. The average molecular weight is 316 g/mol. The van der Waals surface area contributed by atoms with Crippen LogP contribution in [0.5, 0.6) is 0 Å². The minimum atomic E-state index is -0.349. The number of rotatable bonds is 3. The Morgan fingerprint density at radius 1 is 1.18 bits per heavy atom. The molecule has 1 unspecified atom stereocenters. The third-order valence-electron chi connectivity index (χ3n) is 4.12. The maximum Gasteiger partial charge on any atom is 0.152 e. The molecule has 2 heterocycles. The number of aromatic nitrogens is 2. The van der Waals surface area contributed by atoms with Gasteiger partial charge in [0.2, 0.25) is 0 Å². The summed E-state index contributed by atoms with van der Waals surface area (Å²) in [5.41, 5.74) is 2.01. The Kier molecular flexibility index (Phi) is 4.32. The molecule has 0 N–H and O–H groups in total. The van der Waals surface area contributed by atoms with Gasteiger partial charge in [0, 0.05) is 38.9 Å². The van der Waals surface area contributed by atoms with Crippen molar-refractivity contribution < 1.29 is 0 Å². The van der Waals surface area contributed by atoms with Gasteiger partial charge in [0.25, 0.3) is 0 Å². The van der Waals surface area contributed by atoms with Crippen LogP contribution >= 0.6 is 11.6 Å². The third kappa shape index (κ3) is 2.80. The molecule has 114 valence electrons. The fraction of sp³-hybridized carbons (Fsp3) is 0.375. The maximum atomic E-state index is 9.58. The molecule has 0 amide bonds. The molecular formula is C16H18ClN5. The van der Waals surface area contributed by atoms with Crippen molar-refractivity contribution in [2.24, 2.45) is 7.05 Å². The summed E-state index contributed by atoms with van der Waals surface area (Å²) in [5.74, 6) is 0. The van der Waals surface area contributed by atoms with Crippen molar-refractivity contribution in [1.29, 1.82) is 5.26 Å². The predicted molar refractivity (Wildman–Crippen MR) is 86.8 cm³/mol. The smallest absolute Gasteiger partial charge is 0.152 e. The van der Waals surface area contributed by atoms with Crippen LogP contribution in [-0.2, 0) is 7.05 Å². The Balaban J connectivity index is 1.72. The Labute approximate surface area is 135 Å². The van der Waals surface area contributed by atoms with Gasteiger partial charge in [0.05, 0.1) is 18.1 Å². The lowest BCUT2D eigenvalue weighted by molar-refractivity contribution is 0.217. The number of aryl methyl sites for hydroxylation is 1. The Bertz CT molecular complexity index is 648. The number of benzene rings is 1. The summed E-state index contributed by atoms with van der Waals surface area (Å²) in [5, 5.41) is 9.99. The van der Waals surface area contributed by atoms with E-state index in [-0.39, 0.29) is 6.04 Å². The molecule has 0 radical (unpaired) electrons. The summed E-state index contributed by atoms with van der Waals surface area (Å²) in [4.78, 5) is 8.59. The van der Waals surface area contributed by atoms with Crippen molar-refractivity contribution in [1.82, 2.24) is 14.5 Å². The van der Waals surface area contributed by atoms with Gasteiger partial charge in [-0.1, -0.05) is 29.8 Å². The number of anilines is 1. The molecule has 1 aliphatic rings.